The second-order valence-electron chi connectivity index (χ2n) is 3.38. The number of hydrogen-bond acceptors (Lipinski definition) is 4. The maximum absolute atomic E-state index is 10.7. The molecule has 4 nitrogen and oxygen atoms in total. The third-order valence-corrected chi connectivity index (χ3v) is 2.60. The van der Waals surface area contributed by atoms with Gasteiger partial charge in [-0.25, -0.2) is 0 Å². The number of ether oxygens (including phenoxy) is 1. The summed E-state index contributed by atoms with van der Waals surface area (Å²) in [5.41, 5.74) is 0.224. The molecule has 1 heterocycles. The maximum Gasteiger partial charge on any atom is 0.233 e. The van der Waals surface area contributed by atoms with Gasteiger partial charge >= 0.3 is 0 Å². The topological polar surface area (TPSA) is 63.0 Å². The molecule has 0 aliphatic carbocycles. The monoisotopic (exact) mass is 272 g/mol. The van der Waals surface area contributed by atoms with Crippen molar-refractivity contribution in [2.45, 2.75) is 19.8 Å². The molecule has 0 atom stereocenters. The lowest BCUT2D eigenvalue weighted by Crippen LogP contribution is -2.03. The van der Waals surface area contributed by atoms with Gasteiger partial charge in [-0.2, -0.15) is 10.2 Å². The smallest absolute Gasteiger partial charge is 0.233 e. The number of halogens is 2. The number of carbonyl (C=O) groups excluding carboxylic acids is 1. The average Bonchev–Trinajstić information content (AvgIpc) is 2.28. The second-order valence-corrected chi connectivity index (χ2v) is 4.14. The highest BCUT2D eigenvalue weighted by Gasteiger charge is 2.10. The fourth-order valence-electron chi connectivity index (χ4n) is 1.13. The van der Waals surface area contributed by atoms with E-state index in [9.17, 15) is 4.79 Å². The van der Waals surface area contributed by atoms with Gasteiger partial charge in [0.1, 0.15) is 17.4 Å². The molecule has 0 saturated carbocycles. The number of Topliss-reactive ketones (excluding diaryl/α,β-unsaturated/α-hetero) is 1. The molecule has 0 aromatic carbocycles. The number of rotatable bonds is 5. The first-order valence-electron chi connectivity index (χ1n) is 4.93. The zero-order chi connectivity index (χ0) is 12.8. The van der Waals surface area contributed by atoms with Gasteiger partial charge in [-0.3, -0.25) is 0 Å². The number of aromatic nitrogens is 1. The highest BCUT2D eigenvalue weighted by Crippen LogP contribution is 2.26. The van der Waals surface area contributed by atoms with E-state index in [-0.39, 0.29) is 27.4 Å². The lowest BCUT2D eigenvalue weighted by Gasteiger charge is -2.07. The lowest BCUT2D eigenvalue weighted by molar-refractivity contribution is -0.117. The van der Waals surface area contributed by atoms with Crippen molar-refractivity contribution < 1.29 is 9.53 Å². The highest BCUT2D eigenvalue weighted by molar-refractivity contribution is 6.41. The van der Waals surface area contributed by atoms with E-state index in [2.05, 4.69) is 4.98 Å². The Bertz CT molecular complexity index is 469. The van der Waals surface area contributed by atoms with E-state index in [1.807, 2.05) is 6.07 Å². The second kappa shape index (κ2) is 6.43. The van der Waals surface area contributed by atoms with E-state index >= 15 is 0 Å². The standard InChI is InChI=1S/C11H10Cl2N2O2/c1-7(16)3-2-4-17-11-8(6-14)5-9(12)10(13)15-11/h5H,2-4H2,1H3. The predicted molar refractivity (Wildman–Crippen MR) is 64.4 cm³/mol. The van der Waals surface area contributed by atoms with E-state index in [1.54, 1.807) is 0 Å². The Labute approximate surface area is 109 Å². The van der Waals surface area contributed by atoms with Crippen LogP contribution >= 0.6 is 23.2 Å². The number of nitrogens with zero attached hydrogens (tertiary/aromatic N) is 2. The molecule has 1 aromatic rings. The summed E-state index contributed by atoms with van der Waals surface area (Å²) in [6.07, 6.45) is 1.01. The highest BCUT2D eigenvalue weighted by atomic mass is 35.5. The van der Waals surface area contributed by atoms with Crippen molar-refractivity contribution in [1.29, 1.82) is 5.26 Å². The van der Waals surface area contributed by atoms with Gasteiger partial charge in [0, 0.05) is 6.42 Å². The summed E-state index contributed by atoms with van der Waals surface area (Å²) in [5.74, 6) is 0.238. The quantitative estimate of drug-likeness (QED) is 0.611. The third kappa shape index (κ3) is 4.22. The van der Waals surface area contributed by atoms with Crippen molar-refractivity contribution in [1.82, 2.24) is 4.98 Å². The molecule has 0 unspecified atom stereocenters. The summed E-state index contributed by atoms with van der Waals surface area (Å²) < 4.78 is 5.29. The minimum atomic E-state index is 0.0900. The van der Waals surface area contributed by atoms with Crippen LogP contribution in [0.4, 0.5) is 0 Å². The van der Waals surface area contributed by atoms with Gasteiger partial charge in [0.2, 0.25) is 5.88 Å². The van der Waals surface area contributed by atoms with Crippen molar-refractivity contribution in [2.24, 2.45) is 0 Å². The summed E-state index contributed by atoms with van der Waals surface area (Å²) >= 11 is 11.4. The van der Waals surface area contributed by atoms with E-state index in [4.69, 9.17) is 33.2 Å². The summed E-state index contributed by atoms with van der Waals surface area (Å²) in [6, 6.07) is 3.32. The number of nitriles is 1. The molecule has 0 amide bonds. The Morgan fingerprint density at radius 2 is 2.29 bits per heavy atom. The number of hydrogen-bond donors (Lipinski definition) is 0. The van der Waals surface area contributed by atoms with E-state index < -0.39 is 0 Å². The first-order chi connectivity index (χ1) is 8.04. The minimum absolute atomic E-state index is 0.0900. The van der Waals surface area contributed by atoms with Gasteiger partial charge in [0.15, 0.2) is 5.15 Å². The van der Waals surface area contributed by atoms with Crippen LogP contribution in [-0.4, -0.2) is 17.4 Å². The van der Waals surface area contributed by atoms with Gasteiger partial charge in [0.05, 0.1) is 11.6 Å². The summed E-state index contributed by atoms with van der Waals surface area (Å²) in [4.78, 5) is 14.6. The molecule has 1 aromatic heterocycles. The summed E-state index contributed by atoms with van der Waals surface area (Å²) in [7, 11) is 0. The summed E-state index contributed by atoms with van der Waals surface area (Å²) in [6.45, 7) is 1.82. The normalized spacial score (nSPS) is 9.76. The van der Waals surface area contributed by atoms with Gasteiger partial charge in [0.25, 0.3) is 0 Å². The molecule has 0 aliphatic heterocycles. The molecule has 0 spiro atoms. The van der Waals surface area contributed by atoms with Crippen molar-refractivity contribution in [3.05, 3.63) is 21.8 Å². The molecule has 0 saturated heterocycles. The van der Waals surface area contributed by atoms with Gasteiger partial charge in [-0.1, -0.05) is 23.2 Å². The molecule has 0 radical (unpaired) electrons. The summed E-state index contributed by atoms with van der Waals surface area (Å²) in [5, 5.41) is 9.15. The van der Waals surface area contributed by atoms with Gasteiger partial charge in [-0.05, 0) is 19.4 Å². The van der Waals surface area contributed by atoms with Crippen molar-refractivity contribution in [2.75, 3.05) is 6.61 Å². The van der Waals surface area contributed by atoms with Crippen LogP contribution in [0.1, 0.15) is 25.3 Å². The Kier molecular flexibility index (Phi) is 5.20. The first kappa shape index (κ1) is 13.8. The van der Waals surface area contributed by atoms with Gasteiger partial charge in [-0.15, -0.1) is 0 Å². The fourth-order valence-corrected chi connectivity index (χ4v) is 1.41. The van der Waals surface area contributed by atoms with Crippen molar-refractivity contribution >= 4 is 29.0 Å². The molecule has 0 fully saturated rings. The molecule has 17 heavy (non-hydrogen) atoms. The molecular weight excluding hydrogens is 263 g/mol. The fraction of sp³-hybridized carbons (Fsp3) is 0.364. The van der Waals surface area contributed by atoms with E-state index in [0.29, 0.717) is 19.4 Å². The maximum atomic E-state index is 10.7. The molecule has 0 aliphatic rings. The van der Waals surface area contributed by atoms with Crippen LogP contribution in [0.5, 0.6) is 5.88 Å². The molecule has 1 rings (SSSR count). The zero-order valence-electron chi connectivity index (χ0n) is 9.17. The Balaban J connectivity index is 2.67. The van der Waals surface area contributed by atoms with Crippen LogP contribution in [0.2, 0.25) is 10.2 Å². The average molecular weight is 273 g/mol. The third-order valence-electron chi connectivity index (χ3n) is 1.93. The van der Waals surface area contributed by atoms with E-state index in [1.165, 1.54) is 13.0 Å². The molecule has 0 bridgehead atoms. The molecular formula is C11H10Cl2N2O2. The van der Waals surface area contributed by atoms with Crippen LogP contribution in [-0.2, 0) is 4.79 Å². The number of ketones is 1. The van der Waals surface area contributed by atoms with Crippen LogP contribution in [0, 0.1) is 11.3 Å². The minimum Gasteiger partial charge on any atom is -0.477 e. The van der Waals surface area contributed by atoms with Crippen LogP contribution < -0.4 is 4.74 Å². The van der Waals surface area contributed by atoms with Crippen molar-refractivity contribution in [3.8, 4) is 11.9 Å². The number of carbonyl (C=O) groups is 1. The largest absolute Gasteiger partial charge is 0.477 e. The Morgan fingerprint density at radius 1 is 1.59 bits per heavy atom. The number of pyridine rings is 1. The Morgan fingerprint density at radius 3 is 2.88 bits per heavy atom. The SMILES string of the molecule is CC(=O)CCCOc1nc(Cl)c(Cl)cc1C#N. The zero-order valence-corrected chi connectivity index (χ0v) is 10.7. The molecule has 90 valence electrons. The van der Waals surface area contributed by atoms with Crippen molar-refractivity contribution in [3.63, 3.8) is 0 Å². The molecule has 0 N–H and O–H groups in total. The molecule has 6 heteroatoms. The van der Waals surface area contributed by atoms with Gasteiger partial charge < -0.3 is 9.53 Å². The Hall–Kier alpha value is -1.31. The van der Waals surface area contributed by atoms with Crippen LogP contribution in [0.3, 0.4) is 0 Å². The first-order valence-corrected chi connectivity index (χ1v) is 5.68. The van der Waals surface area contributed by atoms with Crippen LogP contribution in [0.25, 0.3) is 0 Å². The lowest BCUT2D eigenvalue weighted by atomic mass is 10.2. The van der Waals surface area contributed by atoms with Crippen LogP contribution in [0.15, 0.2) is 6.07 Å². The van der Waals surface area contributed by atoms with E-state index in [0.717, 1.165) is 0 Å². The predicted octanol–water partition coefficient (Wildman–Crippen LogP) is 3.01.